The molecule has 0 spiro atoms. The van der Waals surface area contributed by atoms with Crippen molar-refractivity contribution in [2.45, 2.75) is 11.1 Å². The van der Waals surface area contributed by atoms with Gasteiger partial charge in [0, 0.05) is 33.5 Å². The Morgan fingerprint density at radius 3 is 2.20 bits per heavy atom. The van der Waals surface area contributed by atoms with Crippen molar-refractivity contribution in [2.24, 2.45) is 0 Å². The van der Waals surface area contributed by atoms with Gasteiger partial charge in [-0.05, 0) is 72.8 Å². The second kappa shape index (κ2) is 15.0. The molecule has 0 bridgehead atoms. The number of nitrogens with one attached hydrogen (secondary N) is 3. The lowest BCUT2D eigenvalue weighted by Crippen LogP contribution is -2.30. The van der Waals surface area contributed by atoms with E-state index in [1.807, 2.05) is 0 Å². The van der Waals surface area contributed by atoms with Crippen LogP contribution in [0.25, 0.3) is 6.08 Å². The van der Waals surface area contributed by atoms with E-state index in [4.69, 9.17) is 9.47 Å². The van der Waals surface area contributed by atoms with Gasteiger partial charge in [-0.15, -0.1) is 11.8 Å². The molecule has 0 aliphatic rings. The Labute approximate surface area is 261 Å². The largest absolute Gasteiger partial charge is 0.497 e. The van der Waals surface area contributed by atoms with Crippen LogP contribution in [-0.2, 0) is 15.8 Å². The van der Waals surface area contributed by atoms with Crippen LogP contribution in [0, 0.1) is 0 Å². The number of thioether (sulfide) groups is 1. The maximum absolute atomic E-state index is 13.4. The first-order valence-electron chi connectivity index (χ1n) is 13.4. The average molecular weight is 636 g/mol. The minimum atomic E-state index is -4.51. The van der Waals surface area contributed by atoms with Crippen LogP contribution in [0.1, 0.15) is 21.5 Å². The van der Waals surface area contributed by atoms with Crippen molar-refractivity contribution in [3.8, 4) is 11.5 Å². The summed E-state index contributed by atoms with van der Waals surface area (Å²) in [7, 11) is 2.99. The fraction of sp³-hybridized carbons (Fsp3) is 0.121. The number of hydrogen-bond donors (Lipinski definition) is 3. The molecule has 0 atom stereocenters. The predicted molar refractivity (Wildman–Crippen MR) is 167 cm³/mol. The first kappa shape index (κ1) is 32.7. The molecule has 0 fully saturated rings. The SMILES string of the molecule is COc1ccc(/C=C(\NC(=O)c2ccccc2)C(=O)Nc2ccc(SCC(=O)Nc3cccc(C(F)(F)F)c3)cc2)c(OC)c1. The van der Waals surface area contributed by atoms with Gasteiger partial charge in [0.25, 0.3) is 11.8 Å². The van der Waals surface area contributed by atoms with Gasteiger partial charge >= 0.3 is 6.18 Å². The molecule has 0 heterocycles. The highest BCUT2D eigenvalue weighted by molar-refractivity contribution is 8.00. The first-order valence-corrected chi connectivity index (χ1v) is 14.4. The molecule has 12 heteroatoms. The van der Waals surface area contributed by atoms with Crippen LogP contribution in [-0.4, -0.2) is 37.7 Å². The molecule has 4 aromatic carbocycles. The molecule has 3 amide bonds. The number of rotatable bonds is 11. The Morgan fingerprint density at radius 1 is 0.800 bits per heavy atom. The number of carbonyl (C=O) groups is 3. The second-order valence-electron chi connectivity index (χ2n) is 9.38. The van der Waals surface area contributed by atoms with Gasteiger partial charge in [-0.2, -0.15) is 13.2 Å². The van der Waals surface area contributed by atoms with Crippen molar-refractivity contribution in [3.63, 3.8) is 0 Å². The molecule has 0 aliphatic heterocycles. The molecular formula is C33H28F3N3O5S. The molecule has 3 N–H and O–H groups in total. The summed E-state index contributed by atoms with van der Waals surface area (Å²) < 4.78 is 49.5. The lowest BCUT2D eigenvalue weighted by molar-refractivity contribution is -0.137. The number of anilines is 2. The molecule has 4 aromatic rings. The van der Waals surface area contributed by atoms with Gasteiger partial charge in [0.2, 0.25) is 5.91 Å². The summed E-state index contributed by atoms with van der Waals surface area (Å²) in [5.41, 5.74) is 0.440. The number of hydrogen-bond acceptors (Lipinski definition) is 6. The summed E-state index contributed by atoms with van der Waals surface area (Å²) in [6, 6.07) is 24.5. The van der Waals surface area contributed by atoms with Crippen LogP contribution in [0.4, 0.5) is 24.5 Å². The summed E-state index contributed by atoms with van der Waals surface area (Å²) in [6.45, 7) is 0. The number of amides is 3. The predicted octanol–water partition coefficient (Wildman–Crippen LogP) is 6.86. The van der Waals surface area contributed by atoms with E-state index < -0.39 is 29.5 Å². The van der Waals surface area contributed by atoms with E-state index in [0.29, 0.717) is 33.2 Å². The minimum absolute atomic E-state index is 0.0444. The van der Waals surface area contributed by atoms with Crippen molar-refractivity contribution in [1.82, 2.24) is 5.32 Å². The van der Waals surface area contributed by atoms with E-state index in [9.17, 15) is 27.6 Å². The Bertz CT molecular complexity index is 1690. The van der Waals surface area contributed by atoms with Crippen molar-refractivity contribution >= 4 is 46.9 Å². The van der Waals surface area contributed by atoms with Crippen molar-refractivity contribution in [2.75, 3.05) is 30.6 Å². The molecule has 0 aromatic heterocycles. The molecule has 232 valence electrons. The Balaban J connectivity index is 1.44. The quantitative estimate of drug-likeness (QED) is 0.123. The van der Waals surface area contributed by atoms with Gasteiger partial charge < -0.3 is 25.4 Å². The summed E-state index contributed by atoms with van der Waals surface area (Å²) in [5.74, 6) is -0.641. The van der Waals surface area contributed by atoms with Gasteiger partial charge in [-0.25, -0.2) is 0 Å². The number of methoxy groups -OCH3 is 2. The second-order valence-corrected chi connectivity index (χ2v) is 10.4. The summed E-state index contributed by atoms with van der Waals surface area (Å²) >= 11 is 1.17. The number of benzene rings is 4. The number of halogens is 3. The monoisotopic (exact) mass is 635 g/mol. The summed E-state index contributed by atoms with van der Waals surface area (Å²) in [4.78, 5) is 39.3. The first-order chi connectivity index (χ1) is 21.5. The minimum Gasteiger partial charge on any atom is -0.497 e. The van der Waals surface area contributed by atoms with Crippen molar-refractivity contribution < 1.29 is 37.0 Å². The van der Waals surface area contributed by atoms with Gasteiger partial charge in [0.05, 0.1) is 25.5 Å². The van der Waals surface area contributed by atoms with E-state index in [1.54, 1.807) is 72.8 Å². The molecular weight excluding hydrogens is 607 g/mol. The Hall–Kier alpha value is -5.23. The fourth-order valence-electron chi connectivity index (χ4n) is 3.99. The molecule has 0 radical (unpaired) electrons. The van der Waals surface area contributed by atoms with Crippen molar-refractivity contribution in [1.29, 1.82) is 0 Å². The van der Waals surface area contributed by atoms with Gasteiger partial charge in [-0.1, -0.05) is 24.3 Å². The molecule has 4 rings (SSSR count). The number of alkyl halides is 3. The maximum atomic E-state index is 13.4. The molecule has 0 aliphatic carbocycles. The molecule has 0 saturated heterocycles. The Morgan fingerprint density at radius 2 is 1.53 bits per heavy atom. The molecule has 0 unspecified atom stereocenters. The highest BCUT2D eigenvalue weighted by Gasteiger charge is 2.30. The standard InChI is InChI=1S/C33H28F3N3O5S/c1-43-26-14-11-22(29(19-26)44-2)17-28(39-31(41)21-7-4-3-5-8-21)32(42)38-24-12-15-27(16-13-24)45-20-30(40)37-25-10-6-9-23(18-25)33(34,35)36/h3-19H,20H2,1-2H3,(H,37,40)(H,38,42)(H,39,41)/b28-17-. The third kappa shape index (κ3) is 9.38. The molecule has 8 nitrogen and oxygen atoms in total. The van der Waals surface area contributed by atoms with E-state index in [1.165, 1.54) is 44.2 Å². The lowest BCUT2D eigenvalue weighted by Gasteiger charge is -2.13. The van der Waals surface area contributed by atoms with Gasteiger partial charge in [-0.3, -0.25) is 14.4 Å². The summed E-state index contributed by atoms with van der Waals surface area (Å²) in [6.07, 6.45) is -3.03. The fourth-order valence-corrected chi connectivity index (χ4v) is 4.69. The molecule has 0 saturated carbocycles. The Kier molecular flexibility index (Phi) is 10.9. The summed E-state index contributed by atoms with van der Waals surface area (Å²) in [5, 5.41) is 7.89. The zero-order valence-electron chi connectivity index (χ0n) is 24.1. The van der Waals surface area contributed by atoms with E-state index in [2.05, 4.69) is 16.0 Å². The van der Waals surface area contributed by atoms with Crippen LogP contribution in [0.15, 0.2) is 108 Å². The third-order valence-electron chi connectivity index (χ3n) is 6.23. The van der Waals surface area contributed by atoms with Crippen LogP contribution in [0.3, 0.4) is 0 Å². The van der Waals surface area contributed by atoms with Crippen LogP contribution in [0.2, 0.25) is 0 Å². The number of ether oxygens (including phenoxy) is 2. The number of carbonyl (C=O) groups excluding carboxylic acids is 3. The third-order valence-corrected chi connectivity index (χ3v) is 7.24. The zero-order valence-corrected chi connectivity index (χ0v) is 24.9. The normalized spacial score (nSPS) is 11.4. The van der Waals surface area contributed by atoms with Gasteiger partial charge in [0.15, 0.2) is 0 Å². The van der Waals surface area contributed by atoms with E-state index in [0.717, 1.165) is 12.1 Å². The van der Waals surface area contributed by atoms with Crippen molar-refractivity contribution in [3.05, 3.63) is 119 Å². The van der Waals surface area contributed by atoms with Crippen LogP contribution in [0.5, 0.6) is 11.5 Å². The van der Waals surface area contributed by atoms with Crippen LogP contribution >= 0.6 is 11.8 Å². The van der Waals surface area contributed by atoms with Gasteiger partial charge in [0.1, 0.15) is 17.2 Å². The zero-order chi connectivity index (χ0) is 32.4. The average Bonchev–Trinajstić information content (AvgIpc) is 3.04. The highest BCUT2D eigenvalue weighted by Crippen LogP contribution is 2.31. The maximum Gasteiger partial charge on any atom is 0.416 e. The highest BCUT2D eigenvalue weighted by atomic mass is 32.2. The lowest BCUT2D eigenvalue weighted by atomic mass is 10.1. The van der Waals surface area contributed by atoms with E-state index >= 15 is 0 Å². The molecule has 45 heavy (non-hydrogen) atoms. The van der Waals surface area contributed by atoms with E-state index in [-0.39, 0.29) is 17.1 Å². The smallest absolute Gasteiger partial charge is 0.416 e. The topological polar surface area (TPSA) is 106 Å². The van der Waals surface area contributed by atoms with Crippen LogP contribution < -0.4 is 25.4 Å².